The maximum Gasteiger partial charge on any atom is 0.152 e. The van der Waals surface area contributed by atoms with Crippen molar-refractivity contribution in [3.8, 4) is 0 Å². The molecule has 2 aromatic rings. The van der Waals surface area contributed by atoms with Crippen LogP contribution in [0.15, 0.2) is 18.5 Å². The first kappa shape index (κ1) is 13.4. The molecule has 2 aromatic heterocycles. The van der Waals surface area contributed by atoms with Gasteiger partial charge in [-0.05, 0) is 31.7 Å². The lowest BCUT2D eigenvalue weighted by Gasteiger charge is -2.23. The Kier molecular flexibility index (Phi) is 3.38. The maximum absolute atomic E-state index is 5.80. The van der Waals surface area contributed by atoms with Gasteiger partial charge < -0.3 is 10.1 Å². The van der Waals surface area contributed by atoms with Crippen molar-refractivity contribution in [2.45, 2.75) is 45.1 Å². The summed E-state index contributed by atoms with van der Waals surface area (Å²) in [4.78, 5) is 4.44. The highest BCUT2D eigenvalue weighted by Gasteiger charge is 2.29. The number of rotatable bonds is 4. The molecule has 0 bridgehead atoms. The van der Waals surface area contributed by atoms with E-state index < -0.39 is 0 Å². The molecule has 1 unspecified atom stereocenters. The molecule has 0 aromatic carbocycles. The highest BCUT2D eigenvalue weighted by Crippen LogP contribution is 2.26. The van der Waals surface area contributed by atoms with Crippen LogP contribution >= 0.6 is 0 Å². The molecule has 1 atom stereocenters. The molecule has 20 heavy (non-hydrogen) atoms. The molecule has 3 rings (SSSR count). The van der Waals surface area contributed by atoms with Gasteiger partial charge in [0.25, 0.3) is 0 Å². The second kappa shape index (κ2) is 5.05. The van der Waals surface area contributed by atoms with Crippen molar-refractivity contribution in [2.24, 2.45) is 0 Å². The third kappa shape index (κ3) is 2.50. The summed E-state index contributed by atoms with van der Waals surface area (Å²) in [6.07, 6.45) is 5.91. The molecule has 0 radical (unpaired) electrons. The minimum atomic E-state index is -0.0740. The van der Waals surface area contributed by atoms with E-state index in [1.54, 1.807) is 6.20 Å². The quantitative estimate of drug-likeness (QED) is 0.931. The summed E-state index contributed by atoms with van der Waals surface area (Å²) < 4.78 is 7.70. The van der Waals surface area contributed by atoms with E-state index in [1.807, 2.05) is 10.7 Å². The molecule has 1 fully saturated rings. The van der Waals surface area contributed by atoms with E-state index in [-0.39, 0.29) is 5.60 Å². The minimum Gasteiger partial charge on any atom is -0.373 e. The van der Waals surface area contributed by atoms with Crippen LogP contribution in [0.1, 0.15) is 45.2 Å². The van der Waals surface area contributed by atoms with E-state index in [1.165, 1.54) is 0 Å². The van der Waals surface area contributed by atoms with E-state index in [9.17, 15) is 0 Å². The van der Waals surface area contributed by atoms with Crippen LogP contribution in [0.3, 0.4) is 0 Å². The first-order valence-electron chi connectivity index (χ1n) is 7.29. The van der Waals surface area contributed by atoms with Crippen LogP contribution in [0.2, 0.25) is 0 Å². The number of nitrogens with one attached hydrogen (secondary N) is 1. The summed E-state index contributed by atoms with van der Waals surface area (Å²) >= 11 is 0. The summed E-state index contributed by atoms with van der Waals surface area (Å²) in [6.45, 7) is 8.09. The van der Waals surface area contributed by atoms with Gasteiger partial charge in [-0.2, -0.15) is 5.10 Å². The van der Waals surface area contributed by atoms with E-state index in [4.69, 9.17) is 4.74 Å². The Hall–Kier alpha value is -1.62. The Morgan fingerprint density at radius 1 is 1.50 bits per heavy atom. The Morgan fingerprint density at radius 2 is 2.35 bits per heavy atom. The van der Waals surface area contributed by atoms with Crippen LogP contribution in [0.5, 0.6) is 0 Å². The fourth-order valence-corrected chi connectivity index (χ4v) is 2.61. The number of hydrogen-bond acceptors (Lipinski definition) is 4. The Labute approximate surface area is 119 Å². The molecule has 0 spiro atoms. The SMILES string of the molecule is CC(C)c1cc2c(NCC3(C)CCCO3)nccn2n1. The normalized spacial score (nSPS) is 22.8. The summed E-state index contributed by atoms with van der Waals surface area (Å²) in [5.74, 6) is 1.29. The molecule has 108 valence electrons. The predicted octanol–water partition coefficient (Wildman–Crippen LogP) is 2.83. The monoisotopic (exact) mass is 274 g/mol. The highest BCUT2D eigenvalue weighted by molar-refractivity contribution is 5.68. The van der Waals surface area contributed by atoms with Gasteiger partial charge in [-0.25, -0.2) is 9.50 Å². The molecule has 3 heterocycles. The van der Waals surface area contributed by atoms with Gasteiger partial charge in [0.1, 0.15) is 5.52 Å². The summed E-state index contributed by atoms with van der Waals surface area (Å²) in [5.41, 5.74) is 2.04. The maximum atomic E-state index is 5.80. The van der Waals surface area contributed by atoms with Gasteiger partial charge in [-0.3, -0.25) is 0 Å². The summed E-state index contributed by atoms with van der Waals surface area (Å²) in [6, 6.07) is 2.11. The Balaban J connectivity index is 1.83. The molecule has 1 saturated heterocycles. The first-order valence-corrected chi connectivity index (χ1v) is 7.29. The van der Waals surface area contributed by atoms with E-state index >= 15 is 0 Å². The third-order valence-corrected chi connectivity index (χ3v) is 3.93. The fourth-order valence-electron chi connectivity index (χ4n) is 2.61. The van der Waals surface area contributed by atoms with Crippen molar-refractivity contribution in [2.75, 3.05) is 18.5 Å². The van der Waals surface area contributed by atoms with Crippen molar-refractivity contribution >= 4 is 11.3 Å². The lowest BCUT2D eigenvalue weighted by molar-refractivity contribution is 0.0315. The van der Waals surface area contributed by atoms with Crippen LogP contribution in [0, 0.1) is 0 Å². The zero-order valence-corrected chi connectivity index (χ0v) is 12.4. The van der Waals surface area contributed by atoms with Gasteiger partial charge in [0.2, 0.25) is 0 Å². The molecule has 0 amide bonds. The highest BCUT2D eigenvalue weighted by atomic mass is 16.5. The van der Waals surface area contributed by atoms with Crippen molar-refractivity contribution in [3.05, 3.63) is 24.2 Å². The van der Waals surface area contributed by atoms with Gasteiger partial charge in [0, 0.05) is 25.5 Å². The molecule has 1 aliphatic heterocycles. The average molecular weight is 274 g/mol. The van der Waals surface area contributed by atoms with E-state index in [2.05, 4.69) is 42.2 Å². The molecular formula is C15H22N4O. The molecule has 1 N–H and O–H groups in total. The smallest absolute Gasteiger partial charge is 0.152 e. The van der Waals surface area contributed by atoms with Crippen molar-refractivity contribution in [3.63, 3.8) is 0 Å². The van der Waals surface area contributed by atoms with Gasteiger partial charge in [-0.1, -0.05) is 13.8 Å². The van der Waals surface area contributed by atoms with E-state index in [0.29, 0.717) is 5.92 Å². The van der Waals surface area contributed by atoms with Crippen molar-refractivity contribution in [1.29, 1.82) is 0 Å². The number of hydrogen-bond donors (Lipinski definition) is 1. The van der Waals surface area contributed by atoms with Crippen LogP contribution in [-0.2, 0) is 4.74 Å². The molecule has 5 nitrogen and oxygen atoms in total. The number of ether oxygens (including phenoxy) is 1. The van der Waals surface area contributed by atoms with Crippen molar-refractivity contribution in [1.82, 2.24) is 14.6 Å². The third-order valence-electron chi connectivity index (χ3n) is 3.93. The van der Waals surface area contributed by atoms with Crippen LogP contribution < -0.4 is 5.32 Å². The Bertz CT molecular complexity index is 599. The number of anilines is 1. The van der Waals surface area contributed by atoms with Crippen molar-refractivity contribution < 1.29 is 4.74 Å². The first-order chi connectivity index (χ1) is 9.57. The zero-order valence-electron chi connectivity index (χ0n) is 12.4. The number of fused-ring (bicyclic) bond motifs is 1. The number of nitrogens with zero attached hydrogens (tertiary/aromatic N) is 3. The zero-order chi connectivity index (χ0) is 14.2. The van der Waals surface area contributed by atoms with Crippen LogP contribution in [0.25, 0.3) is 5.52 Å². The second-order valence-electron chi connectivity index (χ2n) is 6.09. The van der Waals surface area contributed by atoms with Gasteiger partial charge in [0.15, 0.2) is 5.82 Å². The lowest BCUT2D eigenvalue weighted by Crippen LogP contribution is -2.32. The van der Waals surface area contributed by atoms with Crippen LogP contribution in [-0.4, -0.2) is 33.4 Å². The van der Waals surface area contributed by atoms with Gasteiger partial charge >= 0.3 is 0 Å². The van der Waals surface area contributed by atoms with Gasteiger partial charge in [-0.15, -0.1) is 0 Å². The predicted molar refractivity (Wildman–Crippen MR) is 79.2 cm³/mol. The minimum absolute atomic E-state index is 0.0740. The topological polar surface area (TPSA) is 51.5 Å². The Morgan fingerprint density at radius 3 is 3.05 bits per heavy atom. The summed E-state index contributed by atoms with van der Waals surface area (Å²) in [7, 11) is 0. The molecule has 1 aliphatic rings. The molecule has 0 saturated carbocycles. The average Bonchev–Trinajstić information content (AvgIpc) is 3.03. The van der Waals surface area contributed by atoms with Gasteiger partial charge in [0.05, 0.1) is 11.3 Å². The lowest BCUT2D eigenvalue weighted by atomic mass is 10.0. The molecule has 5 heteroatoms. The summed E-state index contributed by atoms with van der Waals surface area (Å²) in [5, 5.41) is 8.00. The standard InChI is InChI=1S/C15H22N4O/c1-11(2)12-9-13-14(16-6-7-19(13)18-12)17-10-15(3)5-4-8-20-15/h6-7,9,11H,4-5,8,10H2,1-3H3,(H,16,17). The van der Waals surface area contributed by atoms with Crippen LogP contribution in [0.4, 0.5) is 5.82 Å². The molecule has 0 aliphatic carbocycles. The van der Waals surface area contributed by atoms with E-state index in [0.717, 1.165) is 43.0 Å². The number of aromatic nitrogens is 3. The fraction of sp³-hybridized carbons (Fsp3) is 0.600. The molecular weight excluding hydrogens is 252 g/mol. The second-order valence-corrected chi connectivity index (χ2v) is 6.09. The largest absolute Gasteiger partial charge is 0.373 e.